The van der Waals surface area contributed by atoms with Crippen molar-refractivity contribution in [2.75, 3.05) is 14.2 Å². The van der Waals surface area contributed by atoms with Gasteiger partial charge in [-0.3, -0.25) is 9.59 Å². The second-order valence-corrected chi connectivity index (χ2v) is 8.46. The molecule has 2 atom stereocenters. The molecule has 0 spiro atoms. The molecule has 2 aromatic carbocycles. The van der Waals surface area contributed by atoms with Crippen LogP contribution in [0.2, 0.25) is 10.0 Å². The topological polar surface area (TPSA) is 76.7 Å². The van der Waals surface area contributed by atoms with Crippen molar-refractivity contribution in [3.8, 4) is 11.5 Å². The molecule has 0 aliphatic carbocycles. The summed E-state index contributed by atoms with van der Waals surface area (Å²) in [5, 5.41) is 6.42. The van der Waals surface area contributed by atoms with Gasteiger partial charge in [0.25, 0.3) is 5.91 Å². The molecular weight excluding hydrogens is 439 g/mol. The van der Waals surface area contributed by atoms with Crippen molar-refractivity contribution < 1.29 is 19.1 Å². The lowest BCUT2D eigenvalue weighted by atomic mass is 10.0. The molecule has 0 bridgehead atoms. The van der Waals surface area contributed by atoms with Crippen molar-refractivity contribution >= 4 is 35.0 Å². The molecule has 0 aliphatic rings. The van der Waals surface area contributed by atoms with E-state index in [4.69, 9.17) is 32.7 Å². The van der Waals surface area contributed by atoms with Crippen molar-refractivity contribution in [1.29, 1.82) is 0 Å². The van der Waals surface area contributed by atoms with Crippen LogP contribution in [0.4, 0.5) is 0 Å². The van der Waals surface area contributed by atoms with Crippen molar-refractivity contribution in [3.63, 3.8) is 0 Å². The summed E-state index contributed by atoms with van der Waals surface area (Å²) in [7, 11) is 3.14. The summed E-state index contributed by atoms with van der Waals surface area (Å²) in [6.45, 7) is 5.82. The van der Waals surface area contributed by atoms with Gasteiger partial charge in [0.2, 0.25) is 5.91 Å². The van der Waals surface area contributed by atoms with Crippen molar-refractivity contribution in [2.45, 2.75) is 39.3 Å². The summed E-state index contributed by atoms with van der Waals surface area (Å²) in [6, 6.07) is 8.93. The van der Waals surface area contributed by atoms with E-state index in [1.54, 1.807) is 32.4 Å². The fourth-order valence-electron chi connectivity index (χ4n) is 3.18. The maximum Gasteiger partial charge on any atom is 0.253 e. The van der Waals surface area contributed by atoms with Crippen LogP contribution < -0.4 is 20.1 Å². The molecule has 0 heterocycles. The Bertz CT molecular complexity index is 934. The smallest absolute Gasteiger partial charge is 0.253 e. The van der Waals surface area contributed by atoms with Crippen LogP contribution in [0.1, 0.15) is 49.2 Å². The van der Waals surface area contributed by atoms with Gasteiger partial charge in [-0.15, -0.1) is 0 Å². The molecule has 0 saturated carbocycles. The third-order valence-corrected chi connectivity index (χ3v) is 5.32. The first-order chi connectivity index (χ1) is 14.7. The van der Waals surface area contributed by atoms with Gasteiger partial charge >= 0.3 is 0 Å². The van der Waals surface area contributed by atoms with Gasteiger partial charge in [-0.25, -0.2) is 0 Å². The molecule has 0 radical (unpaired) electrons. The molecule has 6 nitrogen and oxygen atoms in total. The third kappa shape index (κ3) is 6.77. The van der Waals surface area contributed by atoms with E-state index in [2.05, 4.69) is 10.6 Å². The van der Waals surface area contributed by atoms with Gasteiger partial charge in [0.1, 0.15) is 17.5 Å². The number of ether oxygens (including phenoxy) is 2. The summed E-state index contributed by atoms with van der Waals surface area (Å²) in [4.78, 5) is 25.8. The van der Waals surface area contributed by atoms with Gasteiger partial charge in [-0.1, -0.05) is 37.0 Å². The van der Waals surface area contributed by atoms with Gasteiger partial charge in [-0.05, 0) is 49.6 Å². The number of hydrogen-bond acceptors (Lipinski definition) is 4. The molecule has 0 saturated heterocycles. The summed E-state index contributed by atoms with van der Waals surface area (Å²) in [6.07, 6.45) is 0.468. The Labute approximate surface area is 193 Å². The Hall–Kier alpha value is -2.44. The third-order valence-electron chi connectivity index (χ3n) is 4.77. The molecule has 2 rings (SSSR count). The Kier molecular flexibility index (Phi) is 9.01. The first-order valence-corrected chi connectivity index (χ1v) is 10.7. The fraction of sp³-hybridized carbons (Fsp3) is 0.391. The van der Waals surface area contributed by atoms with Gasteiger partial charge in [0.15, 0.2) is 0 Å². The number of halogens is 2. The lowest BCUT2D eigenvalue weighted by Gasteiger charge is -2.24. The number of carbonyl (C=O) groups excluding carboxylic acids is 2. The van der Waals surface area contributed by atoms with Crippen LogP contribution in [0, 0.1) is 5.92 Å². The minimum atomic E-state index is -0.731. The van der Waals surface area contributed by atoms with E-state index < -0.39 is 11.9 Å². The van der Waals surface area contributed by atoms with Gasteiger partial charge in [0.05, 0.1) is 30.8 Å². The molecule has 2 amide bonds. The number of rotatable bonds is 9. The Morgan fingerprint density at radius 1 is 0.968 bits per heavy atom. The van der Waals surface area contributed by atoms with Crippen molar-refractivity contribution in [2.24, 2.45) is 5.92 Å². The van der Waals surface area contributed by atoms with Crippen LogP contribution in [-0.2, 0) is 4.79 Å². The number of methoxy groups -OCH3 is 2. The highest BCUT2D eigenvalue weighted by Gasteiger charge is 2.25. The number of carbonyl (C=O) groups is 2. The van der Waals surface area contributed by atoms with E-state index in [1.807, 2.05) is 26.8 Å². The standard InChI is InChI=1S/C23H28Cl2N2O4/c1-13(2)10-20(27-22(28)18-8-6-15(24)11-19(18)25)23(29)26-14(3)17-9-7-16(30-4)12-21(17)31-5/h6-9,11-14,20H,10H2,1-5H3,(H,26,29)(H,27,28). The Morgan fingerprint density at radius 2 is 1.68 bits per heavy atom. The summed E-state index contributed by atoms with van der Waals surface area (Å²) in [5.41, 5.74) is 1.06. The monoisotopic (exact) mass is 466 g/mol. The molecule has 8 heteroatoms. The average molecular weight is 467 g/mol. The quantitative estimate of drug-likeness (QED) is 0.542. The SMILES string of the molecule is COc1ccc(C(C)NC(=O)C(CC(C)C)NC(=O)c2ccc(Cl)cc2Cl)c(OC)c1. The maximum absolute atomic E-state index is 13.0. The van der Waals surface area contributed by atoms with E-state index in [1.165, 1.54) is 12.1 Å². The second kappa shape index (κ2) is 11.3. The highest BCUT2D eigenvalue weighted by molar-refractivity contribution is 6.36. The van der Waals surface area contributed by atoms with Crippen LogP contribution in [0.25, 0.3) is 0 Å². The van der Waals surface area contributed by atoms with Crippen molar-refractivity contribution in [1.82, 2.24) is 10.6 Å². The number of benzene rings is 2. The van der Waals surface area contributed by atoms with Crippen LogP contribution in [0.15, 0.2) is 36.4 Å². The summed E-state index contributed by atoms with van der Waals surface area (Å²) < 4.78 is 10.7. The zero-order chi connectivity index (χ0) is 23.1. The molecule has 0 fully saturated rings. The number of hydrogen-bond donors (Lipinski definition) is 2. The van der Waals surface area contributed by atoms with E-state index in [-0.39, 0.29) is 28.5 Å². The zero-order valence-electron chi connectivity index (χ0n) is 18.3. The predicted octanol–water partition coefficient (Wildman–Crippen LogP) is 5.03. The lowest BCUT2D eigenvalue weighted by Crippen LogP contribution is -2.48. The molecule has 31 heavy (non-hydrogen) atoms. The lowest BCUT2D eigenvalue weighted by molar-refractivity contribution is -0.124. The predicted molar refractivity (Wildman–Crippen MR) is 123 cm³/mol. The van der Waals surface area contributed by atoms with E-state index in [9.17, 15) is 9.59 Å². The molecule has 2 unspecified atom stereocenters. The van der Waals surface area contributed by atoms with E-state index in [0.29, 0.717) is 22.9 Å². The maximum atomic E-state index is 13.0. The van der Waals surface area contributed by atoms with Crippen molar-refractivity contribution in [3.05, 3.63) is 57.6 Å². The molecular formula is C23H28Cl2N2O4. The summed E-state index contributed by atoms with van der Waals surface area (Å²) >= 11 is 12.1. The molecule has 0 aromatic heterocycles. The fourth-order valence-corrected chi connectivity index (χ4v) is 3.67. The molecule has 2 aromatic rings. The molecule has 168 valence electrons. The first-order valence-electron chi connectivity index (χ1n) is 9.94. The Morgan fingerprint density at radius 3 is 2.26 bits per heavy atom. The minimum absolute atomic E-state index is 0.183. The highest BCUT2D eigenvalue weighted by atomic mass is 35.5. The van der Waals surface area contributed by atoms with E-state index in [0.717, 1.165) is 5.56 Å². The average Bonchev–Trinajstić information content (AvgIpc) is 2.72. The van der Waals surface area contributed by atoms with Crippen LogP contribution in [0.5, 0.6) is 11.5 Å². The van der Waals surface area contributed by atoms with Crippen LogP contribution in [0.3, 0.4) is 0 Å². The first kappa shape index (κ1) is 24.8. The molecule has 2 N–H and O–H groups in total. The molecule has 0 aliphatic heterocycles. The second-order valence-electron chi connectivity index (χ2n) is 7.62. The van der Waals surface area contributed by atoms with E-state index >= 15 is 0 Å². The summed E-state index contributed by atoms with van der Waals surface area (Å²) in [5.74, 6) is 0.714. The normalized spacial score (nSPS) is 12.8. The largest absolute Gasteiger partial charge is 0.497 e. The van der Waals surface area contributed by atoms with Gasteiger partial charge < -0.3 is 20.1 Å². The highest BCUT2D eigenvalue weighted by Crippen LogP contribution is 2.29. The van der Waals surface area contributed by atoms with Crippen LogP contribution in [-0.4, -0.2) is 32.1 Å². The Balaban J connectivity index is 2.18. The minimum Gasteiger partial charge on any atom is -0.497 e. The van der Waals surface area contributed by atoms with Gasteiger partial charge in [0, 0.05) is 16.7 Å². The number of amides is 2. The number of nitrogens with one attached hydrogen (secondary N) is 2. The van der Waals surface area contributed by atoms with Crippen LogP contribution >= 0.6 is 23.2 Å². The zero-order valence-corrected chi connectivity index (χ0v) is 19.8. The van der Waals surface area contributed by atoms with Gasteiger partial charge in [-0.2, -0.15) is 0 Å².